The number of amides is 1. The molecule has 0 aliphatic carbocycles. The number of rotatable bonds is 3. The standard InChI is InChI=1S/C14H15NO5/c1-14(7-11(16)17)12(18)9-6-8(20-3)4-5-10(9)15(2)13(14)19/h4-6H,7H2,1-3H3,(H,16,17). The summed E-state index contributed by atoms with van der Waals surface area (Å²) in [5, 5.41) is 8.95. The number of methoxy groups -OCH3 is 1. The summed E-state index contributed by atoms with van der Waals surface area (Å²) >= 11 is 0. The number of Topliss-reactive ketones (excluding diaryl/α,β-unsaturated/α-hetero) is 1. The number of benzene rings is 1. The highest BCUT2D eigenvalue weighted by Crippen LogP contribution is 2.40. The van der Waals surface area contributed by atoms with Gasteiger partial charge in [0.25, 0.3) is 0 Å². The van der Waals surface area contributed by atoms with Crippen molar-refractivity contribution in [3.8, 4) is 5.75 Å². The van der Waals surface area contributed by atoms with Crippen molar-refractivity contribution in [1.82, 2.24) is 0 Å². The van der Waals surface area contributed by atoms with Crippen LogP contribution in [0.3, 0.4) is 0 Å². The average molecular weight is 277 g/mol. The maximum atomic E-state index is 12.5. The average Bonchev–Trinajstić information content (AvgIpc) is 2.42. The minimum absolute atomic E-state index is 0.301. The lowest BCUT2D eigenvalue weighted by Gasteiger charge is -2.36. The molecule has 0 fully saturated rings. The number of ketones is 1. The molecule has 0 bridgehead atoms. The van der Waals surface area contributed by atoms with Crippen LogP contribution >= 0.6 is 0 Å². The summed E-state index contributed by atoms with van der Waals surface area (Å²) < 4.78 is 5.07. The van der Waals surface area contributed by atoms with Crippen molar-refractivity contribution >= 4 is 23.3 Å². The molecular formula is C14H15NO5. The Morgan fingerprint density at radius 3 is 2.60 bits per heavy atom. The molecule has 2 rings (SSSR count). The quantitative estimate of drug-likeness (QED) is 0.843. The Morgan fingerprint density at radius 2 is 2.05 bits per heavy atom. The summed E-state index contributed by atoms with van der Waals surface area (Å²) in [5.41, 5.74) is -0.821. The molecule has 1 aliphatic heterocycles. The van der Waals surface area contributed by atoms with Crippen LogP contribution < -0.4 is 9.64 Å². The predicted molar refractivity (Wildman–Crippen MR) is 71.1 cm³/mol. The second-order valence-corrected chi connectivity index (χ2v) is 4.98. The number of hydrogen-bond acceptors (Lipinski definition) is 4. The topological polar surface area (TPSA) is 83.9 Å². The number of carboxylic acids is 1. The van der Waals surface area contributed by atoms with E-state index < -0.39 is 29.5 Å². The van der Waals surface area contributed by atoms with Crippen molar-refractivity contribution in [3.63, 3.8) is 0 Å². The molecule has 6 heteroatoms. The van der Waals surface area contributed by atoms with Crippen LogP contribution in [0.15, 0.2) is 18.2 Å². The Kier molecular flexibility index (Phi) is 3.25. The van der Waals surface area contributed by atoms with Gasteiger partial charge in [0.2, 0.25) is 5.91 Å². The smallest absolute Gasteiger partial charge is 0.304 e. The van der Waals surface area contributed by atoms with Gasteiger partial charge in [-0.05, 0) is 25.1 Å². The number of ether oxygens (including phenoxy) is 1. The van der Waals surface area contributed by atoms with Gasteiger partial charge in [0.05, 0.1) is 19.2 Å². The summed E-state index contributed by atoms with van der Waals surface area (Å²) in [4.78, 5) is 37.1. The fourth-order valence-corrected chi connectivity index (χ4v) is 2.45. The van der Waals surface area contributed by atoms with Crippen LogP contribution in [0.4, 0.5) is 5.69 Å². The summed E-state index contributed by atoms with van der Waals surface area (Å²) in [7, 11) is 3.00. The molecule has 0 spiro atoms. The van der Waals surface area contributed by atoms with Gasteiger partial charge in [-0.25, -0.2) is 0 Å². The number of anilines is 1. The first-order valence-corrected chi connectivity index (χ1v) is 6.04. The summed E-state index contributed by atoms with van der Waals surface area (Å²) in [6.07, 6.45) is -0.536. The normalized spacial score (nSPS) is 21.6. The predicted octanol–water partition coefficient (Wildman–Crippen LogP) is 1.34. The summed E-state index contributed by atoms with van der Waals surface area (Å²) in [5.74, 6) is -1.70. The Labute approximate surface area is 115 Å². The third-order valence-corrected chi connectivity index (χ3v) is 3.59. The van der Waals surface area contributed by atoms with Crippen molar-refractivity contribution in [1.29, 1.82) is 0 Å². The second-order valence-electron chi connectivity index (χ2n) is 4.98. The van der Waals surface area contributed by atoms with Gasteiger partial charge in [-0.2, -0.15) is 0 Å². The van der Waals surface area contributed by atoms with Crippen molar-refractivity contribution in [3.05, 3.63) is 23.8 Å². The molecule has 1 amide bonds. The van der Waals surface area contributed by atoms with E-state index in [4.69, 9.17) is 9.84 Å². The van der Waals surface area contributed by atoms with Crippen LogP contribution in [0.1, 0.15) is 23.7 Å². The monoisotopic (exact) mass is 277 g/mol. The van der Waals surface area contributed by atoms with Crippen molar-refractivity contribution in [2.75, 3.05) is 19.1 Å². The molecule has 1 aliphatic rings. The molecule has 0 saturated heterocycles. The van der Waals surface area contributed by atoms with Crippen LogP contribution in [0.5, 0.6) is 5.75 Å². The lowest BCUT2D eigenvalue weighted by Crippen LogP contribution is -2.51. The van der Waals surface area contributed by atoms with Gasteiger partial charge < -0.3 is 14.7 Å². The van der Waals surface area contributed by atoms with E-state index in [9.17, 15) is 14.4 Å². The van der Waals surface area contributed by atoms with Crippen molar-refractivity contribution in [2.45, 2.75) is 13.3 Å². The van der Waals surface area contributed by atoms with E-state index in [1.807, 2.05) is 0 Å². The van der Waals surface area contributed by atoms with Gasteiger partial charge in [0.15, 0.2) is 5.78 Å². The lowest BCUT2D eigenvalue weighted by molar-refractivity contribution is -0.142. The minimum atomic E-state index is -1.58. The number of hydrogen-bond donors (Lipinski definition) is 1. The Bertz CT molecular complexity index is 610. The number of nitrogens with zero attached hydrogens (tertiary/aromatic N) is 1. The molecule has 1 aromatic rings. The van der Waals surface area contributed by atoms with Gasteiger partial charge in [-0.3, -0.25) is 14.4 Å². The molecular weight excluding hydrogens is 262 g/mol. The maximum Gasteiger partial charge on any atom is 0.304 e. The number of carbonyl (C=O) groups is 3. The molecule has 6 nitrogen and oxygen atoms in total. The number of fused-ring (bicyclic) bond motifs is 1. The molecule has 1 heterocycles. The molecule has 1 aromatic carbocycles. The maximum absolute atomic E-state index is 12.5. The Morgan fingerprint density at radius 1 is 1.40 bits per heavy atom. The van der Waals surface area contributed by atoms with Crippen molar-refractivity contribution in [2.24, 2.45) is 5.41 Å². The fraction of sp³-hybridized carbons (Fsp3) is 0.357. The highest BCUT2D eigenvalue weighted by Gasteiger charge is 2.49. The van der Waals surface area contributed by atoms with Crippen LogP contribution in [-0.4, -0.2) is 36.9 Å². The highest BCUT2D eigenvalue weighted by atomic mass is 16.5. The third kappa shape index (κ3) is 1.93. The fourth-order valence-electron chi connectivity index (χ4n) is 2.45. The van der Waals surface area contributed by atoms with E-state index in [-0.39, 0.29) is 0 Å². The number of carboxylic acid groups (broad SMARTS) is 1. The zero-order valence-corrected chi connectivity index (χ0v) is 11.5. The largest absolute Gasteiger partial charge is 0.497 e. The second kappa shape index (κ2) is 4.63. The van der Waals surface area contributed by atoms with Gasteiger partial charge >= 0.3 is 5.97 Å². The van der Waals surface area contributed by atoms with Crippen LogP contribution in [0.25, 0.3) is 0 Å². The zero-order chi connectivity index (χ0) is 15.1. The van der Waals surface area contributed by atoms with Crippen LogP contribution in [0.2, 0.25) is 0 Å². The first-order chi connectivity index (χ1) is 9.31. The van der Waals surface area contributed by atoms with Gasteiger partial charge in [-0.15, -0.1) is 0 Å². The van der Waals surface area contributed by atoms with Crippen LogP contribution in [0, 0.1) is 5.41 Å². The number of carbonyl (C=O) groups excluding carboxylic acids is 2. The summed E-state index contributed by atoms with van der Waals surface area (Å²) in [6, 6.07) is 4.79. The van der Waals surface area contributed by atoms with Gasteiger partial charge in [-0.1, -0.05) is 0 Å². The van der Waals surface area contributed by atoms with Crippen LogP contribution in [-0.2, 0) is 9.59 Å². The SMILES string of the molecule is COc1ccc2c(c1)C(=O)C(C)(CC(=O)O)C(=O)N2C. The first-order valence-electron chi connectivity index (χ1n) is 6.04. The van der Waals surface area contributed by atoms with E-state index in [1.54, 1.807) is 12.1 Å². The first kappa shape index (κ1) is 14.0. The van der Waals surface area contributed by atoms with E-state index >= 15 is 0 Å². The number of aliphatic carboxylic acids is 1. The summed E-state index contributed by atoms with van der Waals surface area (Å²) in [6.45, 7) is 1.37. The third-order valence-electron chi connectivity index (χ3n) is 3.59. The Balaban J connectivity index is 2.60. The molecule has 1 atom stereocenters. The molecule has 0 saturated carbocycles. The molecule has 20 heavy (non-hydrogen) atoms. The van der Waals surface area contributed by atoms with E-state index in [0.717, 1.165) is 0 Å². The van der Waals surface area contributed by atoms with Crippen molar-refractivity contribution < 1.29 is 24.2 Å². The molecule has 106 valence electrons. The van der Waals surface area contributed by atoms with Gasteiger partial charge in [0.1, 0.15) is 11.2 Å². The zero-order valence-electron chi connectivity index (χ0n) is 11.5. The lowest BCUT2D eigenvalue weighted by atomic mass is 9.75. The minimum Gasteiger partial charge on any atom is -0.497 e. The highest BCUT2D eigenvalue weighted by molar-refractivity contribution is 6.25. The molecule has 1 N–H and O–H groups in total. The van der Waals surface area contributed by atoms with Gasteiger partial charge in [0, 0.05) is 12.6 Å². The molecule has 1 unspecified atom stereocenters. The van der Waals surface area contributed by atoms with E-state index in [2.05, 4.69) is 0 Å². The van der Waals surface area contributed by atoms with E-state index in [0.29, 0.717) is 17.0 Å². The molecule has 0 radical (unpaired) electrons. The Hall–Kier alpha value is -2.37. The van der Waals surface area contributed by atoms with E-state index in [1.165, 1.54) is 32.0 Å². The molecule has 0 aromatic heterocycles.